The molecule has 2 fully saturated rings. The first-order valence-electron chi connectivity index (χ1n) is 8.22. The number of piperidine rings is 1. The van der Waals surface area contributed by atoms with Gasteiger partial charge in [0.15, 0.2) is 0 Å². The van der Waals surface area contributed by atoms with Crippen molar-refractivity contribution < 1.29 is 5.11 Å². The molecule has 1 heterocycles. The summed E-state index contributed by atoms with van der Waals surface area (Å²) >= 11 is 0. The molecular weight excluding hydrogens is 282 g/mol. The lowest BCUT2D eigenvalue weighted by molar-refractivity contribution is -0.0215. The fraction of sp³-hybridized carbons (Fsp3) is 0.667. The topological polar surface area (TPSA) is 23.5 Å². The van der Waals surface area contributed by atoms with Crippen LogP contribution in [-0.2, 0) is 5.54 Å². The van der Waals surface area contributed by atoms with Crippen LogP contribution in [0.1, 0.15) is 56.1 Å². The van der Waals surface area contributed by atoms with Crippen LogP contribution in [0, 0.1) is 6.92 Å². The van der Waals surface area contributed by atoms with E-state index in [4.69, 9.17) is 0 Å². The highest BCUT2D eigenvalue weighted by Crippen LogP contribution is 2.44. The van der Waals surface area contributed by atoms with Crippen LogP contribution in [0.25, 0.3) is 0 Å². The number of hydrogen-bond acceptors (Lipinski definition) is 2. The van der Waals surface area contributed by atoms with Gasteiger partial charge in [0, 0.05) is 12.1 Å². The van der Waals surface area contributed by atoms with Gasteiger partial charge >= 0.3 is 0 Å². The van der Waals surface area contributed by atoms with Crippen molar-refractivity contribution in [2.75, 3.05) is 13.1 Å². The lowest BCUT2D eigenvalue weighted by Crippen LogP contribution is -2.53. The maximum Gasteiger partial charge on any atom is 0.0667 e. The Morgan fingerprint density at radius 3 is 2.48 bits per heavy atom. The maximum absolute atomic E-state index is 10.1. The summed E-state index contributed by atoms with van der Waals surface area (Å²) in [6, 6.07) is 8.88. The Hall–Kier alpha value is -0.570. The van der Waals surface area contributed by atoms with E-state index in [2.05, 4.69) is 36.1 Å². The average Bonchev–Trinajstić information content (AvgIpc) is 2.48. The summed E-state index contributed by atoms with van der Waals surface area (Å²) in [4.78, 5) is 2.60. The van der Waals surface area contributed by atoms with E-state index in [1.807, 2.05) is 0 Å². The second kappa shape index (κ2) is 7.13. The quantitative estimate of drug-likeness (QED) is 0.891. The number of likely N-dealkylation sites (tertiary alicyclic amines) is 1. The van der Waals surface area contributed by atoms with Crippen molar-refractivity contribution in [3.05, 3.63) is 35.4 Å². The standard InChI is InChI=1S/C18H27NO.ClH/c1-15-8-3-4-10-17(15)18(11-5-2-6-12-18)19-13-7-9-16(20)14-19;/h3-4,8,10,16,20H,2,5-7,9,11-14H2,1H3;1H. The molecule has 21 heavy (non-hydrogen) atoms. The smallest absolute Gasteiger partial charge is 0.0667 e. The summed E-state index contributed by atoms with van der Waals surface area (Å²) in [7, 11) is 0. The first-order chi connectivity index (χ1) is 9.72. The molecular formula is C18H28ClNO. The monoisotopic (exact) mass is 309 g/mol. The van der Waals surface area contributed by atoms with Crippen molar-refractivity contribution in [3.8, 4) is 0 Å². The average molecular weight is 310 g/mol. The predicted octanol–water partition coefficient (Wildman–Crippen LogP) is 4.03. The predicted molar refractivity (Wildman–Crippen MR) is 90.0 cm³/mol. The molecule has 1 unspecified atom stereocenters. The fourth-order valence-electron chi connectivity index (χ4n) is 4.33. The third-order valence-electron chi connectivity index (χ3n) is 5.33. The third kappa shape index (κ3) is 3.28. The van der Waals surface area contributed by atoms with E-state index in [1.165, 1.54) is 43.2 Å². The van der Waals surface area contributed by atoms with Crippen molar-refractivity contribution in [2.24, 2.45) is 0 Å². The van der Waals surface area contributed by atoms with Gasteiger partial charge < -0.3 is 5.11 Å². The summed E-state index contributed by atoms with van der Waals surface area (Å²) in [6.07, 6.45) is 8.49. The Bertz CT molecular complexity index is 456. The van der Waals surface area contributed by atoms with E-state index in [9.17, 15) is 5.11 Å². The third-order valence-corrected chi connectivity index (χ3v) is 5.33. The van der Waals surface area contributed by atoms with Crippen LogP contribution >= 0.6 is 12.4 Å². The Balaban J connectivity index is 0.00000161. The van der Waals surface area contributed by atoms with Crippen molar-refractivity contribution in [1.82, 2.24) is 4.90 Å². The number of rotatable bonds is 2. The van der Waals surface area contributed by atoms with Gasteiger partial charge in [-0.2, -0.15) is 0 Å². The first-order valence-corrected chi connectivity index (χ1v) is 8.22. The number of aliphatic hydroxyl groups is 1. The molecule has 2 aliphatic rings. The van der Waals surface area contributed by atoms with Crippen molar-refractivity contribution in [2.45, 2.75) is 63.5 Å². The van der Waals surface area contributed by atoms with Crippen LogP contribution in [0.5, 0.6) is 0 Å². The molecule has 0 bridgehead atoms. The summed E-state index contributed by atoms with van der Waals surface area (Å²) in [5.74, 6) is 0. The number of aliphatic hydroxyl groups excluding tert-OH is 1. The van der Waals surface area contributed by atoms with Crippen LogP contribution in [0.15, 0.2) is 24.3 Å². The van der Waals surface area contributed by atoms with Crippen molar-refractivity contribution in [3.63, 3.8) is 0 Å². The van der Waals surface area contributed by atoms with E-state index in [0.717, 1.165) is 25.9 Å². The second-order valence-electron chi connectivity index (χ2n) is 6.65. The Kier molecular flexibility index (Phi) is 5.70. The zero-order valence-electron chi connectivity index (χ0n) is 13.1. The maximum atomic E-state index is 10.1. The molecule has 1 N–H and O–H groups in total. The molecule has 0 amide bonds. The van der Waals surface area contributed by atoms with Gasteiger partial charge in [0.2, 0.25) is 0 Å². The molecule has 2 nitrogen and oxygen atoms in total. The highest BCUT2D eigenvalue weighted by molar-refractivity contribution is 5.85. The van der Waals surface area contributed by atoms with Gasteiger partial charge in [-0.25, -0.2) is 0 Å². The number of hydrogen-bond donors (Lipinski definition) is 1. The van der Waals surface area contributed by atoms with Crippen LogP contribution in [-0.4, -0.2) is 29.2 Å². The molecule has 1 aromatic carbocycles. The largest absolute Gasteiger partial charge is 0.392 e. The van der Waals surface area contributed by atoms with Gasteiger partial charge in [0.05, 0.1) is 6.10 Å². The number of nitrogens with zero attached hydrogens (tertiary/aromatic N) is 1. The molecule has 0 aromatic heterocycles. The molecule has 1 atom stereocenters. The lowest BCUT2D eigenvalue weighted by Gasteiger charge is -2.50. The highest BCUT2D eigenvalue weighted by Gasteiger charge is 2.41. The molecule has 1 saturated carbocycles. The van der Waals surface area contributed by atoms with Gasteiger partial charge in [-0.1, -0.05) is 43.5 Å². The molecule has 1 aromatic rings. The van der Waals surface area contributed by atoms with Crippen LogP contribution in [0.4, 0.5) is 0 Å². The highest BCUT2D eigenvalue weighted by atomic mass is 35.5. The van der Waals surface area contributed by atoms with Crippen LogP contribution < -0.4 is 0 Å². The van der Waals surface area contributed by atoms with Crippen molar-refractivity contribution >= 4 is 12.4 Å². The SMILES string of the molecule is Cc1ccccc1C1(N2CCCC(O)C2)CCCCC1.Cl. The molecule has 1 saturated heterocycles. The second-order valence-corrected chi connectivity index (χ2v) is 6.65. The molecule has 3 rings (SSSR count). The summed E-state index contributed by atoms with van der Waals surface area (Å²) in [5, 5.41) is 10.1. The molecule has 118 valence electrons. The minimum absolute atomic E-state index is 0. The van der Waals surface area contributed by atoms with Crippen molar-refractivity contribution in [1.29, 1.82) is 0 Å². The van der Waals surface area contributed by atoms with Gasteiger partial charge in [0.25, 0.3) is 0 Å². The minimum atomic E-state index is -0.133. The summed E-state index contributed by atoms with van der Waals surface area (Å²) in [6.45, 7) is 4.24. The Morgan fingerprint density at radius 1 is 1.10 bits per heavy atom. The number of β-amino-alcohol motifs (C(OH)–C–C–N with tert-alkyl or cyclic N) is 1. The van der Waals surface area contributed by atoms with Gasteiger partial charge in [0.1, 0.15) is 0 Å². The minimum Gasteiger partial charge on any atom is -0.392 e. The lowest BCUT2D eigenvalue weighted by atomic mass is 9.73. The van der Waals surface area contributed by atoms with Crippen LogP contribution in [0.3, 0.4) is 0 Å². The van der Waals surface area contributed by atoms with E-state index in [-0.39, 0.29) is 24.0 Å². The van der Waals surface area contributed by atoms with Gasteiger partial charge in [-0.3, -0.25) is 4.90 Å². The number of halogens is 1. The Morgan fingerprint density at radius 2 is 1.81 bits per heavy atom. The summed E-state index contributed by atoms with van der Waals surface area (Å²) in [5.41, 5.74) is 3.11. The summed E-state index contributed by atoms with van der Waals surface area (Å²) < 4.78 is 0. The first kappa shape index (κ1) is 16.8. The molecule has 1 aliphatic heterocycles. The molecule has 0 radical (unpaired) electrons. The molecule has 1 aliphatic carbocycles. The number of benzene rings is 1. The van der Waals surface area contributed by atoms with E-state index >= 15 is 0 Å². The van der Waals surface area contributed by atoms with Gasteiger partial charge in [-0.15, -0.1) is 12.4 Å². The molecule has 0 spiro atoms. The van der Waals surface area contributed by atoms with E-state index in [1.54, 1.807) is 0 Å². The van der Waals surface area contributed by atoms with Crippen LogP contribution in [0.2, 0.25) is 0 Å². The fourth-order valence-corrected chi connectivity index (χ4v) is 4.33. The zero-order chi connectivity index (χ0) is 14.0. The number of aryl methyl sites for hydroxylation is 1. The van der Waals surface area contributed by atoms with E-state index < -0.39 is 0 Å². The molecule has 3 heteroatoms. The normalized spacial score (nSPS) is 26.1. The Labute approximate surface area is 135 Å². The van der Waals surface area contributed by atoms with Gasteiger partial charge in [-0.05, 0) is 50.3 Å². The van der Waals surface area contributed by atoms with E-state index in [0.29, 0.717) is 0 Å². The zero-order valence-corrected chi connectivity index (χ0v) is 13.9.